The molecule has 7 rings (SSSR count). The average Bonchev–Trinajstić information content (AvgIpc) is 3.20. The van der Waals surface area contributed by atoms with Gasteiger partial charge in [-0.05, 0) is 68.2 Å². The molecule has 0 radical (unpaired) electrons. The van der Waals surface area contributed by atoms with E-state index in [-0.39, 0.29) is 11.5 Å². The maximum Gasteiger partial charge on any atom is 0.148 e. The Morgan fingerprint density at radius 1 is 0.900 bits per heavy atom. The van der Waals surface area contributed by atoms with E-state index in [9.17, 15) is 4.39 Å². The van der Waals surface area contributed by atoms with Crippen molar-refractivity contribution >= 4 is 22.9 Å². The van der Waals surface area contributed by atoms with Gasteiger partial charge in [-0.15, -0.1) is 0 Å². The first kappa shape index (κ1) is 18.3. The van der Waals surface area contributed by atoms with Gasteiger partial charge in [0.2, 0.25) is 0 Å². The lowest BCUT2D eigenvalue weighted by Gasteiger charge is -2.48. The van der Waals surface area contributed by atoms with Crippen LogP contribution in [-0.4, -0.2) is 43.2 Å². The van der Waals surface area contributed by atoms with Gasteiger partial charge in [-0.25, -0.2) is 9.37 Å². The van der Waals surface area contributed by atoms with Crippen LogP contribution < -0.4 is 20.4 Å². The summed E-state index contributed by atoms with van der Waals surface area (Å²) in [5.41, 5.74) is 8.19. The van der Waals surface area contributed by atoms with Crippen molar-refractivity contribution < 1.29 is 4.39 Å². The number of halogens is 1. The minimum absolute atomic E-state index is 0.219. The molecule has 6 heteroatoms. The van der Waals surface area contributed by atoms with Crippen molar-refractivity contribution in [2.24, 2.45) is 11.8 Å². The fraction of sp³-hybridized carbons (Fsp3) is 0.542. The first-order valence-corrected chi connectivity index (χ1v) is 11.4. The van der Waals surface area contributed by atoms with Crippen LogP contribution in [0.25, 0.3) is 0 Å². The molecule has 158 valence electrons. The molecule has 2 aromatic rings. The van der Waals surface area contributed by atoms with Crippen LogP contribution >= 0.6 is 0 Å². The monoisotopic (exact) mass is 407 g/mol. The van der Waals surface area contributed by atoms with Crippen molar-refractivity contribution in [3.05, 3.63) is 42.3 Å². The standard InChI is InChI=1S/C24H30FN5/c25-20-12-19(3-4-21(20)26)29-8-1-2-22-23(29)6-9-30(22)24-13-18(5-7-27-24)28-14-16-10-17(11-16)15-28/h3-5,7,12-13,16-17,22-23H,1-2,6,8-11,14-15,26H2/t16?,17?,22-,23-/m0/s1. The van der Waals surface area contributed by atoms with Crippen LogP contribution in [-0.2, 0) is 0 Å². The number of hydrogen-bond donors (Lipinski definition) is 1. The van der Waals surface area contributed by atoms with E-state index < -0.39 is 0 Å². The Morgan fingerprint density at radius 2 is 1.70 bits per heavy atom. The van der Waals surface area contributed by atoms with Crippen LogP contribution in [0.5, 0.6) is 0 Å². The Hall–Kier alpha value is -2.50. The number of rotatable bonds is 3. The summed E-state index contributed by atoms with van der Waals surface area (Å²) in [4.78, 5) is 12.2. The van der Waals surface area contributed by atoms with E-state index in [1.807, 2.05) is 12.3 Å². The summed E-state index contributed by atoms with van der Waals surface area (Å²) in [7, 11) is 0. The second kappa shape index (κ2) is 7.03. The lowest BCUT2D eigenvalue weighted by atomic mass is 9.71. The number of anilines is 4. The highest BCUT2D eigenvalue weighted by Crippen LogP contribution is 2.42. The first-order valence-electron chi connectivity index (χ1n) is 11.4. The van der Waals surface area contributed by atoms with E-state index in [0.717, 1.165) is 49.3 Å². The van der Waals surface area contributed by atoms with Gasteiger partial charge in [0.05, 0.1) is 17.8 Å². The Morgan fingerprint density at radius 3 is 2.50 bits per heavy atom. The van der Waals surface area contributed by atoms with Gasteiger partial charge < -0.3 is 20.4 Å². The number of nitrogens with zero attached hydrogens (tertiary/aromatic N) is 4. The molecule has 0 amide bonds. The lowest BCUT2D eigenvalue weighted by Crippen LogP contribution is -2.50. The van der Waals surface area contributed by atoms with E-state index in [2.05, 4.69) is 26.8 Å². The number of pyridine rings is 1. The highest BCUT2D eigenvalue weighted by Gasteiger charge is 2.41. The number of aromatic nitrogens is 1. The summed E-state index contributed by atoms with van der Waals surface area (Å²) in [6.45, 7) is 4.37. The maximum atomic E-state index is 14.1. The van der Waals surface area contributed by atoms with Crippen molar-refractivity contribution in [2.75, 3.05) is 46.6 Å². The van der Waals surface area contributed by atoms with Gasteiger partial charge in [0.15, 0.2) is 0 Å². The molecule has 2 N–H and O–H groups in total. The number of benzene rings is 1. The van der Waals surface area contributed by atoms with Gasteiger partial charge in [-0.3, -0.25) is 0 Å². The fourth-order valence-corrected chi connectivity index (χ4v) is 6.33. The van der Waals surface area contributed by atoms with Crippen LogP contribution in [0.4, 0.5) is 27.3 Å². The predicted molar refractivity (Wildman–Crippen MR) is 120 cm³/mol. The number of nitrogens with two attached hydrogens (primary N) is 1. The van der Waals surface area contributed by atoms with Gasteiger partial charge >= 0.3 is 0 Å². The van der Waals surface area contributed by atoms with Crippen LogP contribution in [0, 0.1) is 17.7 Å². The molecule has 5 heterocycles. The molecule has 2 atom stereocenters. The number of nitrogen functional groups attached to an aromatic ring is 1. The van der Waals surface area contributed by atoms with Crippen LogP contribution in [0.1, 0.15) is 32.1 Å². The molecular formula is C24H30FN5. The molecule has 1 aliphatic carbocycles. The predicted octanol–water partition coefficient (Wildman–Crippen LogP) is 3.90. The molecular weight excluding hydrogens is 377 g/mol. The summed E-state index contributed by atoms with van der Waals surface area (Å²) < 4.78 is 14.1. The zero-order chi connectivity index (χ0) is 20.2. The van der Waals surface area contributed by atoms with Crippen LogP contribution in [0.2, 0.25) is 0 Å². The third-order valence-corrected chi connectivity index (χ3v) is 7.80. The van der Waals surface area contributed by atoms with Crippen LogP contribution in [0.3, 0.4) is 0 Å². The van der Waals surface area contributed by atoms with E-state index in [4.69, 9.17) is 10.7 Å². The molecule has 30 heavy (non-hydrogen) atoms. The Labute approximate surface area is 177 Å². The molecule has 0 spiro atoms. The van der Waals surface area contributed by atoms with Gasteiger partial charge in [-0.2, -0.15) is 0 Å². The first-order chi connectivity index (χ1) is 14.7. The van der Waals surface area contributed by atoms with Gasteiger partial charge in [0.25, 0.3) is 0 Å². The molecule has 0 unspecified atom stereocenters. The van der Waals surface area contributed by atoms with E-state index in [0.29, 0.717) is 12.1 Å². The summed E-state index contributed by atoms with van der Waals surface area (Å²) >= 11 is 0. The number of hydrogen-bond acceptors (Lipinski definition) is 5. The molecule has 5 nitrogen and oxygen atoms in total. The topological polar surface area (TPSA) is 48.6 Å². The van der Waals surface area contributed by atoms with Crippen molar-refractivity contribution in [3.63, 3.8) is 0 Å². The molecule has 2 bridgehead atoms. The summed E-state index contributed by atoms with van der Waals surface area (Å²) in [5, 5.41) is 0. The van der Waals surface area contributed by atoms with Gasteiger partial charge in [-0.1, -0.05) is 0 Å². The summed E-state index contributed by atoms with van der Waals surface area (Å²) in [5.74, 6) is 2.57. The minimum Gasteiger partial charge on any atom is -0.396 e. The molecule has 1 aromatic carbocycles. The highest BCUT2D eigenvalue weighted by molar-refractivity contribution is 5.59. The molecule has 5 aliphatic rings. The Bertz CT molecular complexity index is 933. The second-order valence-corrected chi connectivity index (χ2v) is 9.64. The van der Waals surface area contributed by atoms with Crippen molar-refractivity contribution in [3.8, 4) is 0 Å². The SMILES string of the molecule is Nc1ccc(N2CCC[C@H]3[C@@H]2CCN3c2cc(N3CC4CC(C4)C3)ccn2)cc1F. The third kappa shape index (κ3) is 2.99. The normalized spacial score (nSPS) is 30.2. The smallest absolute Gasteiger partial charge is 0.148 e. The molecule has 4 aliphatic heterocycles. The van der Waals surface area contributed by atoms with Gasteiger partial charge in [0, 0.05) is 49.8 Å². The maximum absolute atomic E-state index is 14.1. The van der Waals surface area contributed by atoms with E-state index in [1.54, 1.807) is 12.1 Å². The summed E-state index contributed by atoms with van der Waals surface area (Å²) in [6.07, 6.45) is 8.18. The zero-order valence-corrected chi connectivity index (χ0v) is 17.4. The number of piperidine rings is 3. The average molecular weight is 408 g/mol. The fourth-order valence-electron chi connectivity index (χ4n) is 6.33. The molecule has 5 fully saturated rings. The third-order valence-electron chi connectivity index (χ3n) is 7.80. The molecule has 1 aromatic heterocycles. The quantitative estimate of drug-likeness (QED) is 0.782. The van der Waals surface area contributed by atoms with Crippen LogP contribution in [0.15, 0.2) is 36.5 Å². The Kier molecular flexibility index (Phi) is 4.29. The van der Waals surface area contributed by atoms with Crippen molar-refractivity contribution in [1.29, 1.82) is 0 Å². The van der Waals surface area contributed by atoms with E-state index in [1.165, 1.54) is 38.0 Å². The van der Waals surface area contributed by atoms with Crippen molar-refractivity contribution in [1.82, 2.24) is 4.98 Å². The molecule has 1 saturated carbocycles. The number of fused-ring (bicyclic) bond motifs is 3. The van der Waals surface area contributed by atoms with Gasteiger partial charge in [0.1, 0.15) is 11.6 Å². The molecule has 4 saturated heterocycles. The Balaban J connectivity index is 1.23. The zero-order valence-electron chi connectivity index (χ0n) is 17.4. The second-order valence-electron chi connectivity index (χ2n) is 9.64. The summed E-state index contributed by atoms with van der Waals surface area (Å²) in [6, 6.07) is 10.5. The highest BCUT2D eigenvalue weighted by atomic mass is 19.1. The van der Waals surface area contributed by atoms with Crippen molar-refractivity contribution in [2.45, 2.75) is 44.2 Å². The van der Waals surface area contributed by atoms with E-state index >= 15 is 0 Å². The lowest BCUT2D eigenvalue weighted by molar-refractivity contribution is 0.159. The minimum atomic E-state index is -0.321. The largest absolute Gasteiger partial charge is 0.396 e.